The van der Waals surface area contributed by atoms with Crippen molar-refractivity contribution >= 4 is 23.8 Å². The number of nitrogens with one attached hydrogen (secondary N) is 1. The second kappa shape index (κ2) is 9.18. The normalized spacial score (nSPS) is 24.0. The SMILES string of the molecule is CSCCC(C)N(C)C(=O)NC1CCCCCC1C(=O)O. The number of hydrogen-bond donors (Lipinski definition) is 2. The summed E-state index contributed by atoms with van der Waals surface area (Å²) in [5, 5.41) is 12.3. The van der Waals surface area contributed by atoms with E-state index >= 15 is 0 Å². The van der Waals surface area contributed by atoms with Gasteiger partial charge in [-0.2, -0.15) is 11.8 Å². The van der Waals surface area contributed by atoms with Crippen LogP contribution in [0.3, 0.4) is 0 Å². The number of amides is 2. The molecule has 2 amide bonds. The lowest BCUT2D eigenvalue weighted by Crippen LogP contribution is -2.50. The summed E-state index contributed by atoms with van der Waals surface area (Å²) >= 11 is 1.77. The van der Waals surface area contributed by atoms with Crippen LogP contribution in [0, 0.1) is 5.92 Å². The second-order valence-electron chi connectivity index (χ2n) is 5.88. The quantitative estimate of drug-likeness (QED) is 0.739. The summed E-state index contributed by atoms with van der Waals surface area (Å²) in [5.74, 6) is -0.230. The van der Waals surface area contributed by atoms with Crippen LogP contribution < -0.4 is 5.32 Å². The zero-order valence-corrected chi connectivity index (χ0v) is 14.1. The standard InChI is InChI=1S/C15H28N2O3S/c1-11(9-10-21-3)17(2)15(20)16-13-8-6-4-5-7-12(13)14(18)19/h11-13H,4-10H2,1-3H3,(H,16,20)(H,18,19). The summed E-state index contributed by atoms with van der Waals surface area (Å²) in [4.78, 5) is 25.4. The van der Waals surface area contributed by atoms with Gasteiger partial charge in [-0.3, -0.25) is 4.79 Å². The zero-order chi connectivity index (χ0) is 15.8. The van der Waals surface area contributed by atoms with Crippen molar-refractivity contribution in [2.24, 2.45) is 5.92 Å². The largest absolute Gasteiger partial charge is 0.481 e. The Morgan fingerprint density at radius 1 is 1.33 bits per heavy atom. The minimum atomic E-state index is -0.791. The van der Waals surface area contributed by atoms with Gasteiger partial charge in [0.15, 0.2) is 0 Å². The van der Waals surface area contributed by atoms with Crippen molar-refractivity contribution in [3.8, 4) is 0 Å². The molecule has 21 heavy (non-hydrogen) atoms. The van der Waals surface area contributed by atoms with Crippen LogP contribution in [0.2, 0.25) is 0 Å². The lowest BCUT2D eigenvalue weighted by atomic mass is 9.95. The average Bonchev–Trinajstić information content (AvgIpc) is 2.69. The number of carboxylic acid groups (broad SMARTS) is 1. The molecule has 3 atom stereocenters. The molecule has 0 heterocycles. The van der Waals surface area contributed by atoms with E-state index in [1.165, 1.54) is 0 Å². The molecular weight excluding hydrogens is 288 g/mol. The molecule has 6 heteroatoms. The van der Waals surface area contributed by atoms with E-state index in [4.69, 9.17) is 0 Å². The van der Waals surface area contributed by atoms with Crippen LogP contribution in [0.25, 0.3) is 0 Å². The van der Waals surface area contributed by atoms with E-state index in [0.717, 1.165) is 37.9 Å². The van der Waals surface area contributed by atoms with Crippen molar-refractivity contribution in [1.29, 1.82) is 0 Å². The van der Waals surface area contributed by atoms with E-state index in [2.05, 4.69) is 11.6 Å². The Hall–Kier alpha value is -0.910. The van der Waals surface area contributed by atoms with Gasteiger partial charge in [0.2, 0.25) is 0 Å². The molecule has 0 aromatic rings. The van der Waals surface area contributed by atoms with Crippen LogP contribution in [0.5, 0.6) is 0 Å². The van der Waals surface area contributed by atoms with E-state index < -0.39 is 11.9 Å². The molecule has 122 valence electrons. The van der Waals surface area contributed by atoms with Gasteiger partial charge in [0.1, 0.15) is 0 Å². The number of aliphatic carboxylic acids is 1. The lowest BCUT2D eigenvalue weighted by Gasteiger charge is -2.29. The number of hydrogen-bond acceptors (Lipinski definition) is 3. The maximum Gasteiger partial charge on any atom is 0.317 e. The Labute approximate surface area is 131 Å². The molecule has 0 aromatic heterocycles. The third-order valence-corrected chi connectivity index (χ3v) is 5.01. The number of carbonyl (C=O) groups excluding carboxylic acids is 1. The first-order valence-corrected chi connectivity index (χ1v) is 9.11. The van der Waals surface area contributed by atoms with Gasteiger partial charge in [-0.05, 0) is 38.2 Å². The van der Waals surface area contributed by atoms with Crippen LogP contribution in [0.15, 0.2) is 0 Å². The van der Waals surface area contributed by atoms with E-state index in [0.29, 0.717) is 6.42 Å². The Kier molecular flexibility index (Phi) is 7.93. The predicted octanol–water partition coefficient (Wildman–Crippen LogP) is 2.80. The van der Waals surface area contributed by atoms with E-state index in [-0.39, 0.29) is 18.1 Å². The Balaban J connectivity index is 2.59. The second-order valence-corrected chi connectivity index (χ2v) is 6.87. The molecule has 1 fully saturated rings. The molecule has 0 aromatic carbocycles. The van der Waals surface area contributed by atoms with Crippen molar-refractivity contribution in [3.05, 3.63) is 0 Å². The first kappa shape index (κ1) is 18.1. The van der Waals surface area contributed by atoms with Crippen molar-refractivity contribution in [1.82, 2.24) is 10.2 Å². The highest BCUT2D eigenvalue weighted by Crippen LogP contribution is 2.24. The summed E-state index contributed by atoms with van der Waals surface area (Å²) in [5.41, 5.74) is 0. The van der Waals surface area contributed by atoms with E-state index in [1.807, 2.05) is 6.92 Å². The first-order valence-electron chi connectivity index (χ1n) is 7.72. The van der Waals surface area contributed by atoms with Crippen LogP contribution in [0.4, 0.5) is 4.79 Å². The highest BCUT2D eigenvalue weighted by Gasteiger charge is 2.31. The van der Waals surface area contributed by atoms with Gasteiger partial charge in [0.25, 0.3) is 0 Å². The minimum absolute atomic E-state index is 0.151. The number of rotatable bonds is 6. The molecule has 0 radical (unpaired) electrons. The van der Waals surface area contributed by atoms with Crippen molar-refractivity contribution < 1.29 is 14.7 Å². The van der Waals surface area contributed by atoms with E-state index in [1.54, 1.807) is 23.7 Å². The molecule has 1 rings (SSSR count). The van der Waals surface area contributed by atoms with E-state index in [9.17, 15) is 14.7 Å². The van der Waals surface area contributed by atoms with Gasteiger partial charge in [-0.1, -0.05) is 19.3 Å². The van der Waals surface area contributed by atoms with Crippen LogP contribution in [0.1, 0.15) is 45.4 Å². The topological polar surface area (TPSA) is 69.6 Å². The van der Waals surface area contributed by atoms with Crippen molar-refractivity contribution in [2.45, 2.75) is 57.5 Å². The maximum absolute atomic E-state index is 12.3. The summed E-state index contributed by atoms with van der Waals surface area (Å²) in [7, 11) is 1.78. The molecule has 3 unspecified atom stereocenters. The summed E-state index contributed by atoms with van der Waals surface area (Å²) < 4.78 is 0. The van der Waals surface area contributed by atoms with Gasteiger partial charge < -0.3 is 15.3 Å². The molecule has 5 nitrogen and oxygen atoms in total. The number of carbonyl (C=O) groups is 2. The predicted molar refractivity (Wildman–Crippen MR) is 86.8 cm³/mol. The number of thioether (sulfide) groups is 1. The molecule has 0 saturated heterocycles. The Bertz CT molecular complexity index is 352. The zero-order valence-electron chi connectivity index (χ0n) is 13.3. The number of nitrogens with zero attached hydrogens (tertiary/aromatic N) is 1. The van der Waals surface area contributed by atoms with Crippen LogP contribution in [-0.4, -0.2) is 53.1 Å². The summed E-state index contributed by atoms with van der Waals surface area (Å²) in [6.45, 7) is 2.03. The summed E-state index contributed by atoms with van der Waals surface area (Å²) in [6, 6.07) is -0.235. The van der Waals surface area contributed by atoms with Gasteiger partial charge >= 0.3 is 12.0 Å². The highest BCUT2D eigenvalue weighted by atomic mass is 32.2. The number of carboxylic acids is 1. The smallest absolute Gasteiger partial charge is 0.317 e. The molecule has 0 aliphatic heterocycles. The fraction of sp³-hybridized carbons (Fsp3) is 0.867. The molecule has 0 bridgehead atoms. The molecule has 1 aliphatic carbocycles. The van der Waals surface area contributed by atoms with Gasteiger partial charge in [0, 0.05) is 19.1 Å². The lowest BCUT2D eigenvalue weighted by molar-refractivity contribution is -0.142. The monoisotopic (exact) mass is 316 g/mol. The third-order valence-electron chi connectivity index (χ3n) is 4.36. The highest BCUT2D eigenvalue weighted by molar-refractivity contribution is 7.98. The molecule has 2 N–H and O–H groups in total. The van der Waals surface area contributed by atoms with Gasteiger partial charge in [0.05, 0.1) is 5.92 Å². The molecular formula is C15H28N2O3S. The fourth-order valence-corrected chi connectivity index (χ4v) is 3.30. The average molecular weight is 316 g/mol. The third kappa shape index (κ3) is 5.77. The van der Waals surface area contributed by atoms with Gasteiger partial charge in [-0.25, -0.2) is 4.79 Å². The maximum atomic E-state index is 12.3. The molecule has 0 spiro atoms. The Morgan fingerprint density at radius 2 is 2.00 bits per heavy atom. The van der Waals surface area contributed by atoms with Crippen molar-refractivity contribution in [2.75, 3.05) is 19.1 Å². The molecule has 1 aliphatic rings. The molecule has 1 saturated carbocycles. The Morgan fingerprint density at radius 3 is 2.62 bits per heavy atom. The van der Waals surface area contributed by atoms with Crippen molar-refractivity contribution in [3.63, 3.8) is 0 Å². The fourth-order valence-electron chi connectivity index (χ4n) is 2.72. The minimum Gasteiger partial charge on any atom is -0.481 e. The van der Waals surface area contributed by atoms with Crippen LogP contribution >= 0.6 is 11.8 Å². The summed E-state index contributed by atoms with van der Waals surface area (Å²) in [6.07, 6.45) is 7.38. The number of urea groups is 1. The van der Waals surface area contributed by atoms with Crippen LogP contribution in [-0.2, 0) is 4.79 Å². The van der Waals surface area contributed by atoms with Gasteiger partial charge in [-0.15, -0.1) is 0 Å². The first-order chi connectivity index (χ1) is 9.97.